The van der Waals surface area contributed by atoms with Crippen molar-refractivity contribution in [3.63, 3.8) is 0 Å². The van der Waals surface area contributed by atoms with Crippen molar-refractivity contribution in [2.45, 2.75) is 6.92 Å². The summed E-state index contributed by atoms with van der Waals surface area (Å²) in [6, 6.07) is 14.6. The molecule has 0 atom stereocenters. The number of carbonyl (C=O) groups is 1. The second kappa shape index (κ2) is 7.40. The predicted octanol–water partition coefficient (Wildman–Crippen LogP) is 4.50. The van der Waals surface area contributed by atoms with Crippen LogP contribution in [0.5, 0.6) is 0 Å². The zero-order valence-corrected chi connectivity index (χ0v) is 14.9. The molecule has 0 bridgehead atoms. The van der Waals surface area contributed by atoms with Gasteiger partial charge in [0.25, 0.3) is 11.8 Å². The van der Waals surface area contributed by atoms with Crippen LogP contribution >= 0.6 is 0 Å². The summed E-state index contributed by atoms with van der Waals surface area (Å²) >= 11 is 0. The number of rotatable bonds is 4. The Morgan fingerprint density at radius 1 is 1.11 bits per heavy atom. The molecule has 0 spiro atoms. The molecule has 4 aromatic rings. The summed E-state index contributed by atoms with van der Waals surface area (Å²) in [5.41, 5.74) is 2.86. The molecule has 2 aromatic carbocycles. The third-order valence-corrected chi connectivity index (χ3v) is 4.17. The maximum Gasteiger partial charge on any atom is 0.258 e. The van der Waals surface area contributed by atoms with Gasteiger partial charge in [0.2, 0.25) is 5.82 Å². The van der Waals surface area contributed by atoms with Crippen LogP contribution in [0.25, 0.3) is 22.8 Å². The number of halogens is 1. The average molecular weight is 374 g/mol. The van der Waals surface area contributed by atoms with Gasteiger partial charge in [0.1, 0.15) is 5.82 Å². The number of benzene rings is 2. The number of amides is 1. The number of nitrogens with one attached hydrogen (secondary N) is 1. The van der Waals surface area contributed by atoms with E-state index in [9.17, 15) is 9.18 Å². The van der Waals surface area contributed by atoms with Crippen LogP contribution in [0, 0.1) is 12.7 Å². The number of hydrogen-bond acceptors (Lipinski definition) is 5. The van der Waals surface area contributed by atoms with E-state index in [1.54, 1.807) is 48.8 Å². The van der Waals surface area contributed by atoms with Gasteiger partial charge in [-0.05, 0) is 42.8 Å². The van der Waals surface area contributed by atoms with E-state index in [1.165, 1.54) is 18.2 Å². The Morgan fingerprint density at radius 3 is 2.79 bits per heavy atom. The number of aryl methyl sites for hydroxylation is 1. The second-order valence-electron chi connectivity index (χ2n) is 6.13. The van der Waals surface area contributed by atoms with Gasteiger partial charge in [0.05, 0.1) is 5.56 Å². The molecule has 0 fully saturated rings. The van der Waals surface area contributed by atoms with E-state index in [0.29, 0.717) is 23.0 Å². The van der Waals surface area contributed by atoms with Crippen LogP contribution in [0.2, 0.25) is 0 Å². The minimum Gasteiger partial charge on any atom is -0.334 e. The highest BCUT2D eigenvalue weighted by atomic mass is 19.1. The van der Waals surface area contributed by atoms with Crippen molar-refractivity contribution >= 4 is 11.6 Å². The van der Waals surface area contributed by atoms with Crippen molar-refractivity contribution in [3.8, 4) is 22.8 Å². The fourth-order valence-corrected chi connectivity index (χ4v) is 2.74. The van der Waals surface area contributed by atoms with E-state index in [0.717, 1.165) is 11.1 Å². The first-order valence-electron chi connectivity index (χ1n) is 8.53. The second-order valence-corrected chi connectivity index (χ2v) is 6.13. The first-order chi connectivity index (χ1) is 13.6. The molecule has 28 heavy (non-hydrogen) atoms. The van der Waals surface area contributed by atoms with Crippen molar-refractivity contribution in [3.05, 3.63) is 83.9 Å². The molecule has 1 amide bonds. The maximum atomic E-state index is 13.8. The molecule has 2 aromatic heterocycles. The lowest BCUT2D eigenvalue weighted by molar-refractivity contribution is 0.102. The first-order valence-corrected chi connectivity index (χ1v) is 8.53. The number of aromatic nitrogens is 3. The van der Waals surface area contributed by atoms with Gasteiger partial charge in [-0.25, -0.2) is 4.39 Å². The van der Waals surface area contributed by atoms with Gasteiger partial charge in [-0.3, -0.25) is 9.78 Å². The van der Waals surface area contributed by atoms with E-state index in [1.807, 2.05) is 6.92 Å². The minimum absolute atomic E-state index is 0.0251. The van der Waals surface area contributed by atoms with E-state index in [4.69, 9.17) is 4.52 Å². The Kier molecular flexibility index (Phi) is 4.63. The smallest absolute Gasteiger partial charge is 0.258 e. The quantitative estimate of drug-likeness (QED) is 0.569. The lowest BCUT2D eigenvalue weighted by Gasteiger charge is -2.07. The van der Waals surface area contributed by atoms with E-state index in [-0.39, 0.29) is 5.56 Å². The number of anilines is 1. The van der Waals surface area contributed by atoms with Crippen LogP contribution in [0.3, 0.4) is 0 Å². The van der Waals surface area contributed by atoms with Crippen molar-refractivity contribution in [2.24, 2.45) is 0 Å². The summed E-state index contributed by atoms with van der Waals surface area (Å²) in [6.45, 7) is 1.91. The summed E-state index contributed by atoms with van der Waals surface area (Å²) in [4.78, 5) is 20.8. The maximum absolute atomic E-state index is 13.8. The molecule has 1 N–H and O–H groups in total. The molecule has 0 aliphatic heterocycles. The molecular formula is C21H15FN4O2. The molecule has 2 heterocycles. The minimum atomic E-state index is -0.577. The Bertz CT molecular complexity index is 1160. The zero-order valence-electron chi connectivity index (χ0n) is 14.9. The first kappa shape index (κ1) is 17.5. The van der Waals surface area contributed by atoms with Crippen LogP contribution in [-0.4, -0.2) is 21.0 Å². The van der Waals surface area contributed by atoms with Gasteiger partial charge in [-0.2, -0.15) is 4.98 Å². The van der Waals surface area contributed by atoms with Crippen LogP contribution in [-0.2, 0) is 0 Å². The van der Waals surface area contributed by atoms with Crippen LogP contribution < -0.4 is 5.32 Å². The molecule has 7 heteroatoms. The molecule has 0 saturated heterocycles. The highest BCUT2D eigenvalue weighted by molar-refractivity contribution is 6.04. The Hall–Kier alpha value is -3.87. The zero-order chi connectivity index (χ0) is 19.5. The number of carbonyl (C=O) groups excluding carboxylic acids is 1. The Labute approximate surface area is 160 Å². The SMILES string of the molecule is Cc1cnccc1-c1nc(-c2cccc(NC(=O)c3ccccc3F)c2)no1. The van der Waals surface area contributed by atoms with Gasteiger partial charge in [0.15, 0.2) is 0 Å². The van der Waals surface area contributed by atoms with E-state index < -0.39 is 11.7 Å². The molecule has 4 rings (SSSR count). The van der Waals surface area contributed by atoms with E-state index >= 15 is 0 Å². The molecular weight excluding hydrogens is 359 g/mol. The van der Waals surface area contributed by atoms with Crippen molar-refractivity contribution in [1.29, 1.82) is 0 Å². The topological polar surface area (TPSA) is 80.9 Å². The predicted molar refractivity (Wildman–Crippen MR) is 102 cm³/mol. The Morgan fingerprint density at radius 2 is 1.96 bits per heavy atom. The third-order valence-electron chi connectivity index (χ3n) is 4.17. The standard InChI is InChI=1S/C21H15FN4O2/c1-13-12-23-10-9-16(13)21-25-19(26-28-21)14-5-4-6-15(11-14)24-20(27)17-7-2-3-8-18(17)22/h2-12H,1H3,(H,24,27). The van der Waals surface area contributed by atoms with Crippen molar-refractivity contribution in [1.82, 2.24) is 15.1 Å². The fourth-order valence-electron chi connectivity index (χ4n) is 2.74. The monoisotopic (exact) mass is 374 g/mol. The summed E-state index contributed by atoms with van der Waals surface area (Å²) in [6.07, 6.45) is 3.38. The van der Waals surface area contributed by atoms with Crippen molar-refractivity contribution < 1.29 is 13.7 Å². The van der Waals surface area contributed by atoms with Crippen LogP contribution in [0.4, 0.5) is 10.1 Å². The molecule has 0 aliphatic rings. The molecule has 0 saturated carbocycles. The molecule has 0 radical (unpaired) electrons. The van der Waals surface area contributed by atoms with E-state index in [2.05, 4.69) is 20.4 Å². The number of pyridine rings is 1. The summed E-state index contributed by atoms with van der Waals surface area (Å²) < 4.78 is 19.2. The highest BCUT2D eigenvalue weighted by Crippen LogP contribution is 2.25. The van der Waals surface area contributed by atoms with Gasteiger partial charge < -0.3 is 9.84 Å². The lowest BCUT2D eigenvalue weighted by Crippen LogP contribution is -2.13. The number of hydrogen-bond donors (Lipinski definition) is 1. The highest BCUT2D eigenvalue weighted by Gasteiger charge is 2.14. The fraction of sp³-hybridized carbons (Fsp3) is 0.0476. The molecule has 0 unspecified atom stereocenters. The number of nitrogens with zero attached hydrogens (tertiary/aromatic N) is 3. The Balaban J connectivity index is 1.59. The van der Waals surface area contributed by atoms with Gasteiger partial charge >= 0.3 is 0 Å². The molecule has 0 aliphatic carbocycles. The van der Waals surface area contributed by atoms with Gasteiger partial charge in [-0.1, -0.05) is 29.4 Å². The molecule has 6 nitrogen and oxygen atoms in total. The van der Waals surface area contributed by atoms with Crippen LogP contribution in [0.15, 0.2) is 71.5 Å². The largest absolute Gasteiger partial charge is 0.334 e. The van der Waals surface area contributed by atoms with Gasteiger partial charge in [-0.15, -0.1) is 0 Å². The average Bonchev–Trinajstić information content (AvgIpc) is 3.19. The summed E-state index contributed by atoms with van der Waals surface area (Å²) in [7, 11) is 0. The summed E-state index contributed by atoms with van der Waals surface area (Å²) in [5.74, 6) is -0.341. The van der Waals surface area contributed by atoms with Gasteiger partial charge in [0, 0.05) is 29.2 Å². The third kappa shape index (κ3) is 3.50. The normalized spacial score (nSPS) is 10.6. The lowest BCUT2D eigenvalue weighted by atomic mass is 10.1. The molecule has 138 valence electrons. The van der Waals surface area contributed by atoms with Crippen molar-refractivity contribution in [2.75, 3.05) is 5.32 Å². The van der Waals surface area contributed by atoms with Crippen LogP contribution in [0.1, 0.15) is 15.9 Å². The summed E-state index contributed by atoms with van der Waals surface area (Å²) in [5, 5.41) is 6.70.